The first-order valence-corrected chi connectivity index (χ1v) is 17.4. The van der Waals surface area contributed by atoms with Crippen molar-refractivity contribution in [3.63, 3.8) is 0 Å². The normalized spacial score (nSPS) is 11.5. The zero-order valence-electron chi connectivity index (χ0n) is 27.8. The first-order chi connectivity index (χ1) is 25.3. The van der Waals surface area contributed by atoms with Crippen LogP contribution in [0.15, 0.2) is 199 Å². The molecule has 3 nitrogen and oxygen atoms in total. The molecule has 0 unspecified atom stereocenters. The minimum absolute atomic E-state index is 0.906. The number of nitrogens with zero attached hydrogens (tertiary/aromatic N) is 2. The van der Waals surface area contributed by atoms with Crippen molar-refractivity contribution >= 4 is 60.8 Å². The Balaban J connectivity index is 1.18. The molecule has 10 aromatic rings. The number of aromatic nitrogens is 1. The van der Waals surface area contributed by atoms with Gasteiger partial charge in [0.1, 0.15) is 11.2 Å². The largest absolute Gasteiger partial charge is 0.455 e. The van der Waals surface area contributed by atoms with E-state index in [0.717, 1.165) is 61.3 Å². The molecule has 240 valence electrons. The van der Waals surface area contributed by atoms with Gasteiger partial charge in [-0.15, -0.1) is 0 Å². The quantitative estimate of drug-likeness (QED) is 0.178. The highest BCUT2D eigenvalue weighted by Gasteiger charge is 2.18. The second-order valence-corrected chi connectivity index (χ2v) is 13.0. The molecule has 0 atom stereocenters. The molecule has 0 spiro atoms. The first-order valence-electron chi connectivity index (χ1n) is 17.4. The van der Waals surface area contributed by atoms with Crippen LogP contribution >= 0.6 is 0 Å². The van der Waals surface area contributed by atoms with Crippen LogP contribution in [0.4, 0.5) is 17.1 Å². The van der Waals surface area contributed by atoms with Gasteiger partial charge in [-0.1, -0.05) is 127 Å². The molecule has 0 N–H and O–H groups in total. The van der Waals surface area contributed by atoms with E-state index in [9.17, 15) is 0 Å². The summed E-state index contributed by atoms with van der Waals surface area (Å²) in [6.45, 7) is 0. The molecule has 3 heteroatoms. The lowest BCUT2D eigenvalue weighted by Crippen LogP contribution is -2.09. The summed E-state index contributed by atoms with van der Waals surface area (Å²) in [6, 6.07) is 69.1. The molecular formula is C48H32N2O. The number of benzene rings is 8. The fourth-order valence-electron chi connectivity index (χ4n) is 7.60. The van der Waals surface area contributed by atoms with Gasteiger partial charge in [0, 0.05) is 49.9 Å². The minimum Gasteiger partial charge on any atom is -0.455 e. The van der Waals surface area contributed by atoms with Crippen LogP contribution in [-0.4, -0.2) is 4.57 Å². The smallest absolute Gasteiger partial charge is 0.143 e. The van der Waals surface area contributed by atoms with E-state index in [1.807, 2.05) is 12.1 Å². The predicted octanol–water partition coefficient (Wildman–Crippen LogP) is 13.5. The minimum atomic E-state index is 0.906. The van der Waals surface area contributed by atoms with Crippen LogP contribution in [0.5, 0.6) is 0 Å². The maximum atomic E-state index is 6.49. The van der Waals surface area contributed by atoms with Gasteiger partial charge in [-0.05, 0) is 83.4 Å². The van der Waals surface area contributed by atoms with E-state index >= 15 is 0 Å². The van der Waals surface area contributed by atoms with Crippen LogP contribution < -0.4 is 4.90 Å². The van der Waals surface area contributed by atoms with Crippen LogP contribution in [0, 0.1) is 0 Å². The van der Waals surface area contributed by atoms with Gasteiger partial charge in [-0.25, -0.2) is 0 Å². The van der Waals surface area contributed by atoms with Crippen molar-refractivity contribution in [2.45, 2.75) is 0 Å². The van der Waals surface area contributed by atoms with Crippen molar-refractivity contribution in [2.75, 3.05) is 4.90 Å². The van der Waals surface area contributed by atoms with E-state index in [4.69, 9.17) is 4.42 Å². The summed E-state index contributed by atoms with van der Waals surface area (Å²) in [5, 5.41) is 4.70. The average molecular weight is 653 g/mol. The van der Waals surface area contributed by atoms with Crippen LogP contribution in [0.25, 0.3) is 71.7 Å². The molecule has 0 fully saturated rings. The topological polar surface area (TPSA) is 21.3 Å². The Morgan fingerprint density at radius 2 is 0.922 bits per heavy atom. The molecule has 8 aromatic carbocycles. The standard InChI is InChI=1S/C48H32N2O/c1-4-13-33(14-5-1)34-23-29-41-42-30-24-35(40-20-12-21-44-43-19-10-11-22-47(43)51-48(40)44)32-46(42)50(45(41)31-34)39-27-25-38(26-28-39)49(36-15-6-2-7-16-36)37-17-8-3-9-18-37/h1-32H. The van der Waals surface area contributed by atoms with Crippen molar-refractivity contribution in [3.8, 4) is 27.9 Å². The van der Waals surface area contributed by atoms with Crippen molar-refractivity contribution in [3.05, 3.63) is 194 Å². The summed E-state index contributed by atoms with van der Waals surface area (Å²) in [5.41, 5.74) is 13.2. The lowest BCUT2D eigenvalue weighted by atomic mass is 10.00. The van der Waals surface area contributed by atoms with Crippen LogP contribution in [0.2, 0.25) is 0 Å². The Hall–Kier alpha value is -6.84. The molecule has 2 aromatic heterocycles. The number of anilines is 3. The molecule has 0 bridgehead atoms. The third-order valence-corrected chi connectivity index (χ3v) is 9.98. The molecule has 0 saturated heterocycles. The highest BCUT2D eigenvalue weighted by Crippen LogP contribution is 2.41. The van der Waals surface area contributed by atoms with Crippen molar-refractivity contribution in [1.29, 1.82) is 0 Å². The zero-order valence-corrected chi connectivity index (χ0v) is 27.8. The van der Waals surface area contributed by atoms with E-state index in [1.165, 1.54) is 27.4 Å². The van der Waals surface area contributed by atoms with E-state index in [1.54, 1.807) is 0 Å². The second-order valence-electron chi connectivity index (χ2n) is 13.0. The first kappa shape index (κ1) is 29.1. The van der Waals surface area contributed by atoms with Crippen molar-refractivity contribution in [1.82, 2.24) is 4.57 Å². The van der Waals surface area contributed by atoms with Crippen LogP contribution in [0.3, 0.4) is 0 Å². The van der Waals surface area contributed by atoms with E-state index in [-0.39, 0.29) is 0 Å². The summed E-state index contributed by atoms with van der Waals surface area (Å²) in [5.74, 6) is 0. The summed E-state index contributed by atoms with van der Waals surface area (Å²) in [4.78, 5) is 2.30. The number of furan rings is 1. The number of hydrogen-bond donors (Lipinski definition) is 0. The SMILES string of the molecule is c1ccc(-c2ccc3c4ccc(-c5cccc6c5oc5ccccc56)cc4n(-c4ccc(N(c5ccccc5)c5ccccc5)cc4)c3c2)cc1. The van der Waals surface area contributed by atoms with Gasteiger partial charge in [0.2, 0.25) is 0 Å². The number of hydrogen-bond acceptors (Lipinski definition) is 2. The summed E-state index contributed by atoms with van der Waals surface area (Å²) >= 11 is 0. The molecule has 2 heterocycles. The van der Waals surface area contributed by atoms with Gasteiger partial charge in [0.05, 0.1) is 11.0 Å². The maximum Gasteiger partial charge on any atom is 0.143 e. The number of rotatable bonds is 6. The molecule has 51 heavy (non-hydrogen) atoms. The van der Waals surface area contributed by atoms with Crippen LogP contribution in [0.1, 0.15) is 0 Å². The molecule has 0 radical (unpaired) electrons. The average Bonchev–Trinajstić information content (AvgIpc) is 3.75. The van der Waals surface area contributed by atoms with Gasteiger partial charge in [0.25, 0.3) is 0 Å². The Bertz CT molecular complexity index is 2790. The van der Waals surface area contributed by atoms with E-state index in [2.05, 4.69) is 191 Å². The molecule has 0 amide bonds. The Labute approximate surface area is 295 Å². The predicted molar refractivity (Wildman–Crippen MR) is 214 cm³/mol. The molecule has 0 saturated carbocycles. The summed E-state index contributed by atoms with van der Waals surface area (Å²) in [7, 11) is 0. The van der Waals surface area contributed by atoms with E-state index < -0.39 is 0 Å². The fourth-order valence-corrected chi connectivity index (χ4v) is 7.60. The zero-order chi connectivity index (χ0) is 33.7. The molecule has 10 rings (SSSR count). The second kappa shape index (κ2) is 11.9. The highest BCUT2D eigenvalue weighted by atomic mass is 16.3. The molecule has 0 aliphatic heterocycles. The molecule has 0 aliphatic carbocycles. The highest BCUT2D eigenvalue weighted by molar-refractivity contribution is 6.13. The van der Waals surface area contributed by atoms with Crippen LogP contribution in [-0.2, 0) is 0 Å². The van der Waals surface area contributed by atoms with Gasteiger partial charge in [0.15, 0.2) is 0 Å². The lowest BCUT2D eigenvalue weighted by molar-refractivity contribution is 0.670. The lowest BCUT2D eigenvalue weighted by Gasteiger charge is -2.25. The van der Waals surface area contributed by atoms with E-state index in [0.29, 0.717) is 0 Å². The Kier molecular flexibility index (Phi) is 6.81. The summed E-state index contributed by atoms with van der Waals surface area (Å²) in [6.07, 6.45) is 0. The Morgan fingerprint density at radius 1 is 0.373 bits per heavy atom. The maximum absolute atomic E-state index is 6.49. The van der Waals surface area contributed by atoms with Gasteiger partial charge < -0.3 is 13.9 Å². The molecular weight excluding hydrogens is 621 g/mol. The van der Waals surface area contributed by atoms with Gasteiger partial charge in [-0.2, -0.15) is 0 Å². The summed E-state index contributed by atoms with van der Waals surface area (Å²) < 4.78 is 8.90. The van der Waals surface area contributed by atoms with Gasteiger partial charge in [-0.3, -0.25) is 0 Å². The monoisotopic (exact) mass is 652 g/mol. The fraction of sp³-hybridized carbons (Fsp3) is 0. The third-order valence-electron chi connectivity index (χ3n) is 9.98. The van der Waals surface area contributed by atoms with Crippen molar-refractivity contribution in [2.24, 2.45) is 0 Å². The van der Waals surface area contributed by atoms with Crippen molar-refractivity contribution < 1.29 is 4.42 Å². The number of fused-ring (bicyclic) bond motifs is 6. The molecule has 0 aliphatic rings. The third kappa shape index (κ3) is 4.90. The Morgan fingerprint density at radius 3 is 1.61 bits per heavy atom. The number of para-hydroxylation sites is 4. The van der Waals surface area contributed by atoms with Gasteiger partial charge >= 0.3 is 0 Å².